The number of rotatable bonds is 6. The Balaban J connectivity index is 1.21. The number of furan rings is 1. The summed E-state index contributed by atoms with van der Waals surface area (Å²) in [7, 11) is 0. The smallest absolute Gasteiger partial charge is 0.137 e. The van der Waals surface area contributed by atoms with Crippen molar-refractivity contribution in [2.45, 2.75) is 6.92 Å². The first kappa shape index (κ1) is 30.0. The van der Waals surface area contributed by atoms with Crippen LogP contribution in [0.4, 0.5) is 0 Å². The Morgan fingerprint density at radius 2 is 1.04 bits per heavy atom. The molecule has 0 amide bonds. The third-order valence-corrected chi connectivity index (χ3v) is 10.4. The van der Waals surface area contributed by atoms with Gasteiger partial charge in [-0.1, -0.05) is 134 Å². The number of aromatic nitrogens is 2. The van der Waals surface area contributed by atoms with E-state index < -0.39 is 0 Å². The van der Waals surface area contributed by atoms with Crippen LogP contribution in [0.1, 0.15) is 18.2 Å². The van der Waals surface area contributed by atoms with Gasteiger partial charge in [-0.25, -0.2) is 0 Å². The number of hydrogen-bond acceptors (Lipinski definition) is 1. The summed E-state index contributed by atoms with van der Waals surface area (Å²) in [4.78, 5) is 0. The first-order valence-electron chi connectivity index (χ1n) is 17.8. The van der Waals surface area contributed by atoms with E-state index in [9.17, 15) is 0 Å². The molecule has 246 valence electrons. The van der Waals surface area contributed by atoms with Crippen LogP contribution in [0, 0.1) is 0 Å². The molecule has 0 spiro atoms. The molecule has 0 bridgehead atoms. The van der Waals surface area contributed by atoms with E-state index in [0.717, 1.165) is 61.1 Å². The van der Waals surface area contributed by atoms with Crippen molar-refractivity contribution in [2.75, 3.05) is 0 Å². The fourth-order valence-electron chi connectivity index (χ4n) is 8.08. The van der Waals surface area contributed by atoms with E-state index in [1.807, 2.05) is 18.2 Å². The predicted molar refractivity (Wildman–Crippen MR) is 221 cm³/mol. The maximum absolute atomic E-state index is 6.40. The summed E-state index contributed by atoms with van der Waals surface area (Å²) in [6.45, 7) is 6.41. The number of para-hydroxylation sites is 2. The van der Waals surface area contributed by atoms with E-state index in [4.69, 9.17) is 4.42 Å². The molecule has 0 N–H and O–H groups in total. The molecule has 0 atom stereocenters. The molecule has 0 aliphatic heterocycles. The summed E-state index contributed by atoms with van der Waals surface area (Å²) in [5, 5.41) is 5.83. The van der Waals surface area contributed by atoms with Gasteiger partial charge in [0.2, 0.25) is 0 Å². The van der Waals surface area contributed by atoms with Crippen LogP contribution in [0.15, 0.2) is 175 Å². The van der Waals surface area contributed by atoms with E-state index in [1.165, 1.54) is 38.4 Å². The molecular weight excluding hydrogens is 633 g/mol. The van der Waals surface area contributed by atoms with Gasteiger partial charge >= 0.3 is 0 Å². The van der Waals surface area contributed by atoms with Crippen LogP contribution in [-0.2, 0) is 0 Å². The van der Waals surface area contributed by atoms with E-state index in [-0.39, 0.29) is 0 Å². The summed E-state index contributed by atoms with van der Waals surface area (Å²) in [6.07, 6.45) is 6.31. The van der Waals surface area contributed by atoms with E-state index >= 15 is 0 Å². The van der Waals surface area contributed by atoms with Gasteiger partial charge in [0.1, 0.15) is 11.2 Å². The van der Waals surface area contributed by atoms with Crippen molar-refractivity contribution < 1.29 is 4.42 Å². The lowest BCUT2D eigenvalue weighted by atomic mass is 10.0. The molecule has 0 saturated carbocycles. The summed E-state index contributed by atoms with van der Waals surface area (Å²) in [5.74, 6) is 0. The van der Waals surface area contributed by atoms with Crippen LogP contribution in [-0.4, -0.2) is 9.13 Å². The van der Waals surface area contributed by atoms with Gasteiger partial charge in [0, 0.05) is 44.2 Å². The Morgan fingerprint density at radius 3 is 1.77 bits per heavy atom. The third kappa shape index (κ3) is 4.53. The van der Waals surface area contributed by atoms with Crippen molar-refractivity contribution in [1.82, 2.24) is 9.13 Å². The highest BCUT2D eigenvalue weighted by molar-refractivity contribution is 6.20. The van der Waals surface area contributed by atoms with E-state index in [2.05, 4.69) is 180 Å². The molecule has 52 heavy (non-hydrogen) atoms. The van der Waals surface area contributed by atoms with Gasteiger partial charge in [0.25, 0.3) is 0 Å². The summed E-state index contributed by atoms with van der Waals surface area (Å²) in [6, 6.07) is 56.4. The second-order valence-corrected chi connectivity index (χ2v) is 13.3. The fraction of sp³-hybridized carbons (Fsp3) is 0.0204. The Kier molecular flexibility index (Phi) is 6.87. The van der Waals surface area contributed by atoms with Crippen molar-refractivity contribution in [2.24, 2.45) is 0 Å². The molecule has 0 saturated heterocycles. The topological polar surface area (TPSA) is 23.0 Å². The van der Waals surface area contributed by atoms with Crippen molar-refractivity contribution in [3.8, 4) is 33.6 Å². The average molecular weight is 667 g/mol. The van der Waals surface area contributed by atoms with Crippen LogP contribution in [0.25, 0.3) is 100 Å². The summed E-state index contributed by atoms with van der Waals surface area (Å²) >= 11 is 0. The van der Waals surface area contributed by atoms with Crippen LogP contribution < -0.4 is 0 Å². The standard InChI is InChI=1S/C49H34N2O/c1-3-12-38-42-29-30-43-39-15-8-10-17-45(39)51(37-27-28-41-40-16-9-11-18-46(40)52-47(41)31-37)49(43)48(42)50(44(38)4-2)36-25-23-35(24-26-36)34-21-19-33(20-22-34)32-13-6-5-7-14-32/h3-31H,2H2,1H3/b12-3-. The van der Waals surface area contributed by atoms with E-state index in [1.54, 1.807) is 0 Å². The van der Waals surface area contributed by atoms with E-state index in [0.29, 0.717) is 0 Å². The molecule has 3 aromatic heterocycles. The molecule has 10 rings (SSSR count). The number of benzene rings is 7. The minimum atomic E-state index is 0.876. The van der Waals surface area contributed by atoms with Crippen LogP contribution >= 0.6 is 0 Å². The van der Waals surface area contributed by atoms with Crippen LogP contribution in [0.5, 0.6) is 0 Å². The molecule has 10 aromatic rings. The molecule has 0 aliphatic carbocycles. The average Bonchev–Trinajstić information content (AvgIpc) is 3.85. The van der Waals surface area contributed by atoms with Gasteiger partial charge in [0.05, 0.1) is 27.9 Å². The molecule has 0 radical (unpaired) electrons. The van der Waals surface area contributed by atoms with Gasteiger partial charge < -0.3 is 13.6 Å². The van der Waals surface area contributed by atoms with Crippen LogP contribution in [0.3, 0.4) is 0 Å². The predicted octanol–water partition coefficient (Wildman–Crippen LogP) is 13.6. The molecule has 3 nitrogen and oxygen atoms in total. The monoisotopic (exact) mass is 666 g/mol. The van der Waals surface area contributed by atoms with Gasteiger partial charge in [-0.2, -0.15) is 0 Å². The second kappa shape index (κ2) is 11.9. The fourth-order valence-corrected chi connectivity index (χ4v) is 8.08. The normalized spacial score (nSPS) is 11.9. The quantitative estimate of drug-likeness (QED) is 0.173. The van der Waals surface area contributed by atoms with Crippen molar-refractivity contribution in [3.05, 3.63) is 182 Å². The summed E-state index contributed by atoms with van der Waals surface area (Å²) in [5.41, 5.74) is 14.4. The summed E-state index contributed by atoms with van der Waals surface area (Å²) < 4.78 is 11.2. The zero-order valence-electron chi connectivity index (χ0n) is 28.8. The highest BCUT2D eigenvalue weighted by atomic mass is 16.3. The first-order valence-corrected chi connectivity index (χ1v) is 17.8. The Labute approximate surface area is 301 Å². The zero-order valence-corrected chi connectivity index (χ0v) is 28.8. The molecular formula is C49H34N2O. The highest BCUT2D eigenvalue weighted by Gasteiger charge is 2.23. The third-order valence-electron chi connectivity index (χ3n) is 10.4. The Morgan fingerprint density at radius 1 is 0.481 bits per heavy atom. The van der Waals surface area contributed by atoms with Crippen molar-refractivity contribution >= 4 is 66.8 Å². The maximum Gasteiger partial charge on any atom is 0.137 e. The minimum absolute atomic E-state index is 0.876. The second-order valence-electron chi connectivity index (χ2n) is 13.3. The molecule has 0 fully saturated rings. The Hall–Kier alpha value is -6.84. The number of nitrogens with zero attached hydrogens (tertiary/aromatic N) is 2. The number of allylic oxidation sites excluding steroid dienone is 1. The molecule has 0 aliphatic rings. The van der Waals surface area contributed by atoms with Gasteiger partial charge in [0.15, 0.2) is 0 Å². The van der Waals surface area contributed by atoms with Gasteiger partial charge in [-0.05, 0) is 71.7 Å². The van der Waals surface area contributed by atoms with Gasteiger partial charge in [-0.3, -0.25) is 0 Å². The number of hydrogen-bond donors (Lipinski definition) is 0. The SMILES string of the molecule is C=Cc1c(/C=C\C)c2ccc3c4ccccc4n(-c4ccc5c(c4)oc4ccccc45)c3c2n1-c1ccc(-c2ccc(-c3ccccc3)cc2)cc1. The molecule has 3 heterocycles. The molecule has 0 unspecified atom stereocenters. The van der Waals surface area contributed by atoms with Crippen molar-refractivity contribution in [1.29, 1.82) is 0 Å². The first-order chi connectivity index (χ1) is 25.7. The maximum atomic E-state index is 6.40. The van der Waals surface area contributed by atoms with Crippen LogP contribution in [0.2, 0.25) is 0 Å². The minimum Gasteiger partial charge on any atom is -0.456 e. The lowest BCUT2D eigenvalue weighted by Crippen LogP contribution is -2.00. The molecule has 3 heteroatoms. The van der Waals surface area contributed by atoms with Crippen molar-refractivity contribution in [3.63, 3.8) is 0 Å². The lowest BCUT2D eigenvalue weighted by Gasteiger charge is -2.14. The Bertz CT molecular complexity index is 3010. The highest BCUT2D eigenvalue weighted by Crippen LogP contribution is 2.42. The molecule has 7 aromatic carbocycles. The van der Waals surface area contributed by atoms with Gasteiger partial charge in [-0.15, -0.1) is 0 Å². The largest absolute Gasteiger partial charge is 0.456 e. The number of fused-ring (bicyclic) bond motifs is 8. The zero-order chi connectivity index (χ0) is 34.8. The lowest BCUT2D eigenvalue weighted by molar-refractivity contribution is 0.668.